The van der Waals surface area contributed by atoms with Gasteiger partial charge in [0.1, 0.15) is 0 Å². The molecule has 5 rings (SSSR count). The third kappa shape index (κ3) is 3.23. The number of benzene rings is 2. The zero-order valence-corrected chi connectivity index (χ0v) is 18.5. The molecule has 0 saturated carbocycles. The van der Waals surface area contributed by atoms with Crippen LogP contribution >= 0.6 is 0 Å². The highest BCUT2D eigenvalue weighted by Crippen LogP contribution is 2.59. The normalized spacial score (nSPS) is 21.9. The molecule has 0 fully saturated rings. The number of ether oxygens (including phenoxy) is 4. The van der Waals surface area contributed by atoms with Gasteiger partial charge in [0.05, 0.1) is 51.4 Å². The van der Waals surface area contributed by atoms with Crippen LogP contribution in [0.15, 0.2) is 30.3 Å². The van der Waals surface area contributed by atoms with Crippen molar-refractivity contribution in [2.75, 3.05) is 34.2 Å². The first-order chi connectivity index (χ1) is 15.8. The van der Waals surface area contributed by atoms with Crippen molar-refractivity contribution < 1.29 is 38.1 Å². The van der Waals surface area contributed by atoms with Gasteiger partial charge in [-0.15, -0.1) is 0 Å². The van der Waals surface area contributed by atoms with Gasteiger partial charge in [-0.3, -0.25) is 9.59 Å². The van der Waals surface area contributed by atoms with Crippen LogP contribution in [0.25, 0.3) is 0 Å². The lowest BCUT2D eigenvalue weighted by molar-refractivity contribution is -0.160. The largest absolute Gasteiger partial charge is 0.469 e. The molecule has 33 heavy (non-hydrogen) atoms. The van der Waals surface area contributed by atoms with Gasteiger partial charge in [-0.05, 0) is 46.5 Å². The molecular weight excluding hydrogens is 430 g/mol. The molecule has 0 spiro atoms. The fourth-order valence-electron chi connectivity index (χ4n) is 5.24. The van der Waals surface area contributed by atoms with E-state index in [1.54, 1.807) is 18.2 Å². The number of anilines is 1. The fourth-order valence-corrected chi connectivity index (χ4v) is 5.24. The number of methoxy groups -OCH3 is 4. The minimum atomic E-state index is -0.913. The molecule has 2 N–H and O–H groups in total. The predicted octanol–water partition coefficient (Wildman–Crippen LogP) is 2.01. The third-order valence-electron chi connectivity index (χ3n) is 6.54. The molecule has 2 bridgehead atoms. The van der Waals surface area contributed by atoms with Crippen LogP contribution in [0.3, 0.4) is 0 Å². The van der Waals surface area contributed by atoms with Gasteiger partial charge in [-0.1, -0.05) is 6.07 Å². The van der Waals surface area contributed by atoms with Crippen LogP contribution in [0.2, 0.25) is 0 Å². The minimum absolute atomic E-state index is 0.000614. The monoisotopic (exact) mass is 453 g/mol. The first-order valence-electron chi connectivity index (χ1n) is 10.2. The van der Waals surface area contributed by atoms with Crippen molar-refractivity contribution in [3.05, 3.63) is 63.7 Å². The van der Waals surface area contributed by atoms with Crippen LogP contribution in [0.5, 0.6) is 0 Å². The molecule has 2 aromatic rings. The molecule has 0 radical (unpaired) electrons. The molecule has 0 saturated heterocycles. The number of hydrogen-bond donors (Lipinski definition) is 1. The summed E-state index contributed by atoms with van der Waals surface area (Å²) in [6.07, 6.45) is 0. The summed E-state index contributed by atoms with van der Waals surface area (Å²) >= 11 is 0. The van der Waals surface area contributed by atoms with Crippen molar-refractivity contribution in [3.63, 3.8) is 0 Å². The van der Waals surface area contributed by atoms with Crippen LogP contribution in [-0.4, -0.2) is 52.3 Å². The average Bonchev–Trinajstić information content (AvgIpc) is 2.84. The van der Waals surface area contributed by atoms with Crippen molar-refractivity contribution in [1.82, 2.24) is 0 Å². The molecule has 4 atom stereocenters. The molecule has 3 aliphatic carbocycles. The first kappa shape index (κ1) is 22.3. The van der Waals surface area contributed by atoms with E-state index in [-0.39, 0.29) is 11.1 Å². The predicted molar refractivity (Wildman–Crippen MR) is 115 cm³/mol. The number of carbonyl (C=O) groups is 4. The summed E-state index contributed by atoms with van der Waals surface area (Å²) in [6.45, 7) is 0. The van der Waals surface area contributed by atoms with Crippen LogP contribution in [0.4, 0.5) is 5.69 Å². The van der Waals surface area contributed by atoms with E-state index in [1.165, 1.54) is 40.6 Å². The molecule has 172 valence electrons. The number of hydrogen-bond acceptors (Lipinski definition) is 9. The van der Waals surface area contributed by atoms with Crippen LogP contribution in [0, 0.1) is 11.8 Å². The van der Waals surface area contributed by atoms with Gasteiger partial charge in [-0.25, -0.2) is 9.59 Å². The molecule has 0 amide bonds. The first-order valence-corrected chi connectivity index (χ1v) is 10.2. The molecule has 9 heteroatoms. The van der Waals surface area contributed by atoms with Crippen LogP contribution < -0.4 is 5.73 Å². The maximum Gasteiger partial charge on any atom is 0.338 e. The molecule has 0 heterocycles. The maximum absolute atomic E-state index is 13.0. The van der Waals surface area contributed by atoms with Crippen molar-refractivity contribution in [2.45, 2.75) is 11.8 Å². The lowest BCUT2D eigenvalue weighted by Gasteiger charge is -2.48. The Kier molecular flexibility index (Phi) is 5.57. The summed E-state index contributed by atoms with van der Waals surface area (Å²) in [5.74, 6) is -5.72. The third-order valence-corrected chi connectivity index (χ3v) is 6.54. The van der Waals surface area contributed by atoms with E-state index in [0.29, 0.717) is 16.8 Å². The summed E-state index contributed by atoms with van der Waals surface area (Å²) in [7, 11) is 4.91. The van der Waals surface area contributed by atoms with E-state index >= 15 is 0 Å². The smallest absolute Gasteiger partial charge is 0.338 e. The van der Waals surface area contributed by atoms with E-state index in [1.807, 2.05) is 0 Å². The SMILES string of the molecule is COC(=O)c1cc2c(cc1C(=O)OC)[C@@H]1c3cc(N)ccc3[C@H]2[C@H](C(=O)OC)[C@H]1C(=O)OC. The van der Waals surface area contributed by atoms with Gasteiger partial charge in [0, 0.05) is 17.5 Å². The van der Waals surface area contributed by atoms with E-state index in [0.717, 1.165) is 11.1 Å². The van der Waals surface area contributed by atoms with Gasteiger partial charge < -0.3 is 24.7 Å². The van der Waals surface area contributed by atoms with Crippen LogP contribution in [-0.2, 0) is 28.5 Å². The van der Waals surface area contributed by atoms with Gasteiger partial charge in [-0.2, -0.15) is 0 Å². The molecule has 2 aromatic carbocycles. The highest BCUT2D eigenvalue weighted by molar-refractivity contribution is 6.04. The average molecular weight is 453 g/mol. The Balaban J connectivity index is 2.08. The second-order valence-electron chi connectivity index (χ2n) is 7.95. The number of esters is 4. The number of fused-ring (bicyclic) bond motifs is 1. The van der Waals surface area contributed by atoms with Gasteiger partial charge in [0.2, 0.25) is 0 Å². The number of carbonyl (C=O) groups excluding carboxylic acids is 4. The molecule has 0 aromatic heterocycles. The lowest BCUT2D eigenvalue weighted by Crippen LogP contribution is -2.48. The van der Waals surface area contributed by atoms with E-state index in [2.05, 4.69) is 0 Å². The fraction of sp³-hybridized carbons (Fsp3) is 0.333. The van der Waals surface area contributed by atoms with Crippen molar-refractivity contribution >= 4 is 29.6 Å². The summed E-state index contributed by atoms with van der Waals surface area (Å²) in [6, 6.07) is 8.34. The molecular formula is C24H23NO8. The van der Waals surface area contributed by atoms with Crippen molar-refractivity contribution in [2.24, 2.45) is 11.8 Å². The zero-order chi connectivity index (χ0) is 24.0. The highest BCUT2D eigenvalue weighted by Gasteiger charge is 2.57. The van der Waals surface area contributed by atoms with Crippen LogP contribution in [0.1, 0.15) is 54.8 Å². The Morgan fingerprint density at radius 3 is 1.48 bits per heavy atom. The topological polar surface area (TPSA) is 131 Å². The molecule has 3 aliphatic rings. The second kappa shape index (κ2) is 8.23. The molecule has 0 aliphatic heterocycles. The summed E-state index contributed by atoms with van der Waals surface area (Å²) in [4.78, 5) is 50.9. The Bertz CT molecular complexity index is 1190. The zero-order valence-electron chi connectivity index (χ0n) is 18.5. The van der Waals surface area contributed by atoms with E-state index < -0.39 is 47.5 Å². The number of nitrogens with two attached hydrogens (primary N) is 1. The summed E-state index contributed by atoms with van der Waals surface area (Å²) in [5.41, 5.74) is 9.32. The number of rotatable bonds is 4. The lowest BCUT2D eigenvalue weighted by atomic mass is 9.53. The molecule has 0 unspecified atom stereocenters. The van der Waals surface area contributed by atoms with Gasteiger partial charge in [0.25, 0.3) is 0 Å². The summed E-state index contributed by atoms with van der Waals surface area (Å²) < 4.78 is 19.9. The molecule has 9 nitrogen and oxygen atoms in total. The van der Waals surface area contributed by atoms with Crippen molar-refractivity contribution in [1.29, 1.82) is 0 Å². The van der Waals surface area contributed by atoms with Crippen molar-refractivity contribution in [3.8, 4) is 0 Å². The Labute approximate surface area is 189 Å². The second-order valence-corrected chi connectivity index (χ2v) is 7.95. The van der Waals surface area contributed by atoms with E-state index in [4.69, 9.17) is 24.7 Å². The maximum atomic E-state index is 13.0. The Hall–Kier alpha value is -3.88. The number of nitrogen functional groups attached to an aromatic ring is 1. The minimum Gasteiger partial charge on any atom is -0.469 e. The quantitative estimate of drug-likeness (QED) is 0.419. The van der Waals surface area contributed by atoms with Gasteiger partial charge in [0.15, 0.2) is 0 Å². The standard InChI is InChI=1S/C24H23NO8/c1-30-21(26)15-8-13-14(9-16(15)22(27)31-2)18-12-7-10(25)5-6-11(12)17(13)19(23(28)32-3)20(18)24(29)33-4/h5-9,17-20H,25H2,1-4H3/t17-,18+,19+,20+/m1/s1. The Morgan fingerprint density at radius 2 is 1.06 bits per heavy atom. The summed E-state index contributed by atoms with van der Waals surface area (Å²) in [5, 5.41) is 0. The van der Waals surface area contributed by atoms with Gasteiger partial charge >= 0.3 is 23.9 Å². The van der Waals surface area contributed by atoms with E-state index in [9.17, 15) is 19.2 Å². The highest BCUT2D eigenvalue weighted by atomic mass is 16.5. The Morgan fingerprint density at radius 1 is 0.636 bits per heavy atom.